The first-order chi connectivity index (χ1) is 8.00. The minimum atomic E-state index is -3.44. The Bertz CT molecular complexity index is 457. The van der Waals surface area contributed by atoms with Crippen LogP contribution in [-0.4, -0.2) is 26.3 Å². The normalized spacial score (nSPS) is 11.9. The van der Waals surface area contributed by atoms with Crippen molar-refractivity contribution in [3.05, 3.63) is 24.3 Å². The number of rotatable bonds is 6. The highest BCUT2D eigenvalue weighted by Gasteiger charge is 2.22. The van der Waals surface area contributed by atoms with Crippen LogP contribution in [0.15, 0.2) is 29.2 Å². The van der Waals surface area contributed by atoms with Crippen LogP contribution in [0.3, 0.4) is 0 Å². The van der Waals surface area contributed by atoms with Crippen molar-refractivity contribution in [1.29, 1.82) is 0 Å². The molecule has 0 unspecified atom stereocenters. The fraction of sp³-hybridized carbons (Fsp3) is 0.500. The van der Waals surface area contributed by atoms with Gasteiger partial charge in [0.05, 0.1) is 5.69 Å². The Morgan fingerprint density at radius 2 is 1.88 bits per heavy atom. The van der Waals surface area contributed by atoms with Gasteiger partial charge in [0.2, 0.25) is 10.0 Å². The number of hydrogen-bond acceptors (Lipinski definition) is 3. The van der Waals surface area contributed by atoms with Crippen LogP contribution < -0.4 is 5.73 Å². The van der Waals surface area contributed by atoms with E-state index in [1.54, 1.807) is 31.3 Å². The molecule has 0 atom stereocenters. The zero-order valence-electron chi connectivity index (χ0n) is 10.4. The van der Waals surface area contributed by atoms with Gasteiger partial charge in [0.15, 0.2) is 0 Å². The Morgan fingerprint density at radius 1 is 1.24 bits per heavy atom. The molecule has 0 heterocycles. The fourth-order valence-electron chi connectivity index (χ4n) is 1.59. The van der Waals surface area contributed by atoms with E-state index in [0.29, 0.717) is 12.2 Å². The largest absolute Gasteiger partial charge is 0.398 e. The van der Waals surface area contributed by atoms with Crippen LogP contribution in [0.25, 0.3) is 0 Å². The second-order valence-corrected chi connectivity index (χ2v) is 6.08. The van der Waals surface area contributed by atoms with Crippen molar-refractivity contribution in [2.24, 2.45) is 0 Å². The zero-order valence-corrected chi connectivity index (χ0v) is 11.2. The Labute approximate surface area is 103 Å². The predicted octanol–water partition coefficient (Wildman–Crippen LogP) is 2.08. The van der Waals surface area contributed by atoms with Crippen LogP contribution in [0.4, 0.5) is 5.69 Å². The molecule has 2 N–H and O–H groups in total. The summed E-state index contributed by atoms with van der Waals surface area (Å²) in [6.45, 7) is 2.62. The first kappa shape index (κ1) is 14.0. The molecular weight excluding hydrogens is 236 g/mol. The summed E-state index contributed by atoms with van der Waals surface area (Å²) < 4.78 is 25.8. The lowest BCUT2D eigenvalue weighted by atomic mass is 10.2. The lowest BCUT2D eigenvalue weighted by Gasteiger charge is -2.18. The molecule has 1 aromatic rings. The Hall–Kier alpha value is -1.07. The molecule has 0 aliphatic rings. The molecule has 4 nitrogen and oxygen atoms in total. The first-order valence-electron chi connectivity index (χ1n) is 5.81. The van der Waals surface area contributed by atoms with E-state index >= 15 is 0 Å². The minimum Gasteiger partial charge on any atom is -0.398 e. The molecular formula is C12H20N2O2S. The molecule has 0 saturated carbocycles. The molecule has 0 amide bonds. The molecule has 0 bridgehead atoms. The fourth-order valence-corrected chi connectivity index (χ4v) is 2.91. The molecule has 1 aromatic carbocycles. The van der Waals surface area contributed by atoms with Crippen molar-refractivity contribution in [2.45, 2.75) is 31.1 Å². The maximum absolute atomic E-state index is 12.2. The third-order valence-electron chi connectivity index (χ3n) is 2.68. The molecule has 0 aromatic heterocycles. The average molecular weight is 256 g/mol. The highest BCUT2D eigenvalue weighted by atomic mass is 32.2. The van der Waals surface area contributed by atoms with Gasteiger partial charge < -0.3 is 5.73 Å². The van der Waals surface area contributed by atoms with Gasteiger partial charge in [0, 0.05) is 13.6 Å². The number of unbranched alkanes of at least 4 members (excludes halogenated alkanes) is 2. The van der Waals surface area contributed by atoms with Gasteiger partial charge in [-0.3, -0.25) is 0 Å². The maximum atomic E-state index is 12.2. The van der Waals surface area contributed by atoms with Gasteiger partial charge in [0.25, 0.3) is 0 Å². The molecule has 0 aliphatic heterocycles. The number of para-hydroxylation sites is 1. The monoisotopic (exact) mass is 256 g/mol. The van der Waals surface area contributed by atoms with Crippen molar-refractivity contribution in [2.75, 3.05) is 19.3 Å². The lowest BCUT2D eigenvalue weighted by Crippen LogP contribution is -2.28. The van der Waals surface area contributed by atoms with E-state index in [-0.39, 0.29) is 4.90 Å². The van der Waals surface area contributed by atoms with Gasteiger partial charge in [-0.1, -0.05) is 31.9 Å². The second-order valence-electron chi connectivity index (χ2n) is 4.07. The molecule has 5 heteroatoms. The number of sulfonamides is 1. The van der Waals surface area contributed by atoms with Crippen molar-refractivity contribution in [3.63, 3.8) is 0 Å². The number of anilines is 1. The van der Waals surface area contributed by atoms with Crippen LogP contribution in [0.5, 0.6) is 0 Å². The molecule has 96 valence electrons. The van der Waals surface area contributed by atoms with Crippen molar-refractivity contribution in [3.8, 4) is 0 Å². The SMILES string of the molecule is CCCCCN(C)S(=O)(=O)c1ccccc1N. The van der Waals surface area contributed by atoms with Crippen LogP contribution >= 0.6 is 0 Å². The Balaban J connectivity index is 2.85. The number of benzene rings is 1. The summed E-state index contributed by atoms with van der Waals surface area (Å²) in [7, 11) is -1.85. The van der Waals surface area contributed by atoms with Crippen molar-refractivity contribution in [1.82, 2.24) is 4.31 Å². The molecule has 0 aliphatic carbocycles. The number of nitrogen functional groups attached to an aromatic ring is 1. The predicted molar refractivity (Wildman–Crippen MR) is 70.2 cm³/mol. The third kappa shape index (κ3) is 3.44. The smallest absolute Gasteiger partial charge is 0.244 e. The molecule has 0 saturated heterocycles. The summed E-state index contributed by atoms with van der Waals surface area (Å²) in [5, 5.41) is 0. The summed E-state index contributed by atoms with van der Waals surface area (Å²) in [6, 6.07) is 6.56. The van der Waals surface area contributed by atoms with Crippen LogP contribution in [0.2, 0.25) is 0 Å². The van der Waals surface area contributed by atoms with Gasteiger partial charge in [-0.25, -0.2) is 12.7 Å². The van der Waals surface area contributed by atoms with E-state index in [2.05, 4.69) is 6.92 Å². The molecule has 1 rings (SSSR count). The number of nitrogens with two attached hydrogens (primary N) is 1. The summed E-state index contributed by atoms with van der Waals surface area (Å²) in [5.74, 6) is 0. The summed E-state index contributed by atoms with van der Waals surface area (Å²) >= 11 is 0. The van der Waals surface area contributed by atoms with Crippen molar-refractivity contribution < 1.29 is 8.42 Å². The molecule has 0 radical (unpaired) electrons. The Kier molecular flexibility index (Phi) is 4.96. The van der Waals surface area contributed by atoms with E-state index < -0.39 is 10.0 Å². The topological polar surface area (TPSA) is 63.4 Å². The number of hydrogen-bond donors (Lipinski definition) is 1. The zero-order chi connectivity index (χ0) is 12.9. The van der Waals surface area contributed by atoms with E-state index in [4.69, 9.17) is 5.73 Å². The van der Waals surface area contributed by atoms with Gasteiger partial charge in [-0.2, -0.15) is 0 Å². The van der Waals surface area contributed by atoms with E-state index in [9.17, 15) is 8.42 Å². The quantitative estimate of drug-likeness (QED) is 0.626. The van der Waals surface area contributed by atoms with Gasteiger partial charge in [-0.05, 0) is 18.6 Å². The van der Waals surface area contributed by atoms with Crippen molar-refractivity contribution >= 4 is 15.7 Å². The van der Waals surface area contributed by atoms with E-state index in [0.717, 1.165) is 19.3 Å². The second kappa shape index (κ2) is 6.02. The minimum absolute atomic E-state index is 0.194. The van der Waals surface area contributed by atoms with Crippen LogP contribution in [-0.2, 0) is 10.0 Å². The standard InChI is InChI=1S/C12H20N2O2S/c1-3-4-7-10-14(2)17(15,16)12-9-6-5-8-11(12)13/h5-6,8-9H,3-4,7,10,13H2,1-2H3. The van der Waals surface area contributed by atoms with Gasteiger partial charge in [-0.15, -0.1) is 0 Å². The van der Waals surface area contributed by atoms with Gasteiger partial charge in [0.1, 0.15) is 4.90 Å². The summed E-state index contributed by atoms with van der Waals surface area (Å²) in [6.07, 6.45) is 2.98. The average Bonchev–Trinajstić information content (AvgIpc) is 2.29. The molecule has 0 spiro atoms. The van der Waals surface area contributed by atoms with Crippen LogP contribution in [0.1, 0.15) is 26.2 Å². The summed E-state index contributed by atoms with van der Waals surface area (Å²) in [5.41, 5.74) is 5.99. The molecule has 0 fully saturated rings. The Morgan fingerprint density at radius 3 is 2.47 bits per heavy atom. The van der Waals surface area contributed by atoms with Gasteiger partial charge >= 0.3 is 0 Å². The maximum Gasteiger partial charge on any atom is 0.244 e. The van der Waals surface area contributed by atoms with Crippen LogP contribution in [0, 0.1) is 0 Å². The number of nitrogens with zero attached hydrogens (tertiary/aromatic N) is 1. The lowest BCUT2D eigenvalue weighted by molar-refractivity contribution is 0.454. The van der Waals surface area contributed by atoms with E-state index in [1.807, 2.05) is 0 Å². The van der Waals surface area contributed by atoms with E-state index in [1.165, 1.54) is 4.31 Å². The summed E-state index contributed by atoms with van der Waals surface area (Å²) in [4.78, 5) is 0.194. The third-order valence-corrected chi connectivity index (χ3v) is 4.61. The highest BCUT2D eigenvalue weighted by Crippen LogP contribution is 2.21. The molecule has 17 heavy (non-hydrogen) atoms. The highest BCUT2D eigenvalue weighted by molar-refractivity contribution is 7.89. The first-order valence-corrected chi connectivity index (χ1v) is 7.25.